The Kier molecular flexibility index (Phi) is 2.42. The Bertz CT molecular complexity index is 569. The fourth-order valence-electron chi connectivity index (χ4n) is 2.58. The van der Waals surface area contributed by atoms with Crippen LogP contribution in [0.1, 0.15) is 32.0 Å². The minimum atomic E-state index is -0.221. The van der Waals surface area contributed by atoms with Gasteiger partial charge in [0.15, 0.2) is 0 Å². The van der Waals surface area contributed by atoms with E-state index in [4.69, 9.17) is 22.3 Å². The first kappa shape index (κ1) is 11.1. The SMILES string of the molecule is CCn1c(C2(N)CCC2)nc2cc(Cl)ccc21. The molecule has 2 aromatic rings. The molecule has 0 amide bonds. The summed E-state index contributed by atoms with van der Waals surface area (Å²) in [5, 5.41) is 0.726. The molecule has 1 saturated carbocycles. The molecule has 1 fully saturated rings. The van der Waals surface area contributed by atoms with Gasteiger partial charge >= 0.3 is 0 Å². The number of fused-ring (bicyclic) bond motifs is 1. The van der Waals surface area contributed by atoms with Crippen LogP contribution in [0, 0.1) is 0 Å². The van der Waals surface area contributed by atoms with E-state index in [1.807, 2.05) is 18.2 Å². The lowest BCUT2D eigenvalue weighted by Gasteiger charge is -2.37. The van der Waals surface area contributed by atoms with Crippen LogP contribution in [0.3, 0.4) is 0 Å². The Labute approximate surface area is 106 Å². The molecule has 0 bridgehead atoms. The lowest BCUT2D eigenvalue weighted by molar-refractivity contribution is 0.232. The summed E-state index contributed by atoms with van der Waals surface area (Å²) in [6.07, 6.45) is 3.26. The Hall–Kier alpha value is -1.06. The molecule has 4 heteroatoms. The van der Waals surface area contributed by atoms with Gasteiger partial charge in [-0.05, 0) is 44.4 Å². The summed E-state index contributed by atoms with van der Waals surface area (Å²) < 4.78 is 2.21. The molecule has 3 rings (SSSR count). The molecule has 0 radical (unpaired) electrons. The Balaban J connectivity index is 2.24. The predicted octanol–water partition coefficient (Wildman–Crippen LogP) is 3.05. The number of nitrogens with two attached hydrogens (primary N) is 1. The number of imidazole rings is 1. The number of halogens is 1. The summed E-state index contributed by atoms with van der Waals surface area (Å²) >= 11 is 6.01. The molecule has 90 valence electrons. The molecule has 0 aliphatic heterocycles. The van der Waals surface area contributed by atoms with E-state index in [2.05, 4.69) is 11.5 Å². The third kappa shape index (κ3) is 1.57. The van der Waals surface area contributed by atoms with Crippen LogP contribution >= 0.6 is 11.6 Å². The molecule has 0 unspecified atom stereocenters. The quantitative estimate of drug-likeness (QED) is 0.889. The van der Waals surface area contributed by atoms with Crippen LogP contribution in [0.5, 0.6) is 0 Å². The zero-order chi connectivity index (χ0) is 12.0. The molecule has 0 spiro atoms. The predicted molar refractivity (Wildman–Crippen MR) is 70.1 cm³/mol. The number of benzene rings is 1. The third-order valence-corrected chi connectivity index (χ3v) is 3.95. The van der Waals surface area contributed by atoms with Crippen molar-refractivity contribution in [3.8, 4) is 0 Å². The summed E-state index contributed by atoms with van der Waals surface area (Å²) in [4.78, 5) is 4.69. The van der Waals surface area contributed by atoms with Crippen LogP contribution in [-0.4, -0.2) is 9.55 Å². The van der Waals surface area contributed by atoms with Crippen molar-refractivity contribution in [1.29, 1.82) is 0 Å². The van der Waals surface area contributed by atoms with E-state index in [0.717, 1.165) is 41.3 Å². The van der Waals surface area contributed by atoms with Gasteiger partial charge in [0.05, 0.1) is 16.6 Å². The first-order valence-corrected chi connectivity index (χ1v) is 6.47. The van der Waals surface area contributed by atoms with Crippen LogP contribution in [-0.2, 0) is 12.1 Å². The lowest BCUT2D eigenvalue weighted by atomic mass is 9.77. The Morgan fingerprint density at radius 1 is 1.47 bits per heavy atom. The second-order valence-corrected chi connectivity index (χ2v) is 5.26. The van der Waals surface area contributed by atoms with E-state index in [1.165, 1.54) is 6.42 Å². The average molecular weight is 250 g/mol. The molecule has 0 atom stereocenters. The first-order valence-electron chi connectivity index (χ1n) is 6.09. The van der Waals surface area contributed by atoms with Crippen molar-refractivity contribution in [2.75, 3.05) is 0 Å². The molecule has 1 aliphatic carbocycles. The van der Waals surface area contributed by atoms with Crippen molar-refractivity contribution < 1.29 is 0 Å². The van der Waals surface area contributed by atoms with Crippen LogP contribution in [0.15, 0.2) is 18.2 Å². The Morgan fingerprint density at radius 2 is 2.24 bits per heavy atom. The second kappa shape index (κ2) is 3.72. The Morgan fingerprint density at radius 3 is 2.82 bits per heavy atom. The van der Waals surface area contributed by atoms with Crippen molar-refractivity contribution in [3.05, 3.63) is 29.0 Å². The summed E-state index contributed by atoms with van der Waals surface area (Å²) in [6.45, 7) is 3.02. The molecule has 1 aromatic carbocycles. The summed E-state index contributed by atoms with van der Waals surface area (Å²) in [6, 6.07) is 5.85. The highest BCUT2D eigenvalue weighted by atomic mass is 35.5. The number of aryl methyl sites for hydroxylation is 1. The van der Waals surface area contributed by atoms with Crippen LogP contribution in [0.25, 0.3) is 11.0 Å². The zero-order valence-corrected chi connectivity index (χ0v) is 10.7. The smallest absolute Gasteiger partial charge is 0.130 e. The zero-order valence-electron chi connectivity index (χ0n) is 9.91. The molecule has 1 aromatic heterocycles. The van der Waals surface area contributed by atoms with E-state index in [0.29, 0.717) is 0 Å². The van der Waals surface area contributed by atoms with Crippen LogP contribution in [0.2, 0.25) is 5.02 Å². The number of hydrogen-bond acceptors (Lipinski definition) is 2. The number of hydrogen-bond donors (Lipinski definition) is 1. The van der Waals surface area contributed by atoms with E-state index < -0.39 is 0 Å². The van der Waals surface area contributed by atoms with Gasteiger partial charge in [-0.2, -0.15) is 0 Å². The van der Waals surface area contributed by atoms with E-state index in [1.54, 1.807) is 0 Å². The fraction of sp³-hybridized carbons (Fsp3) is 0.462. The topological polar surface area (TPSA) is 43.8 Å². The largest absolute Gasteiger partial charge is 0.327 e. The van der Waals surface area contributed by atoms with Crippen molar-refractivity contribution in [2.45, 2.75) is 38.3 Å². The van der Waals surface area contributed by atoms with Gasteiger partial charge in [0, 0.05) is 11.6 Å². The maximum Gasteiger partial charge on any atom is 0.130 e. The van der Waals surface area contributed by atoms with Gasteiger partial charge in [0.1, 0.15) is 5.82 Å². The highest BCUT2D eigenvalue weighted by molar-refractivity contribution is 6.31. The summed E-state index contributed by atoms with van der Waals surface area (Å²) in [5.74, 6) is 1.02. The fourth-order valence-corrected chi connectivity index (χ4v) is 2.75. The molecular formula is C13H16ClN3. The van der Waals surface area contributed by atoms with Gasteiger partial charge in [-0.3, -0.25) is 0 Å². The normalized spacial score (nSPS) is 18.3. The minimum Gasteiger partial charge on any atom is -0.327 e. The number of nitrogens with zero attached hydrogens (tertiary/aromatic N) is 2. The standard InChI is InChI=1S/C13H16ClN3/c1-2-17-11-5-4-9(14)8-10(11)16-12(17)13(15)6-3-7-13/h4-5,8H,2-3,6-7,15H2,1H3. The molecule has 3 nitrogen and oxygen atoms in total. The van der Waals surface area contributed by atoms with Gasteiger partial charge in [0.2, 0.25) is 0 Å². The van der Waals surface area contributed by atoms with E-state index in [-0.39, 0.29) is 5.54 Å². The molecule has 1 heterocycles. The number of rotatable bonds is 2. The number of aromatic nitrogens is 2. The first-order chi connectivity index (χ1) is 8.14. The van der Waals surface area contributed by atoms with E-state index in [9.17, 15) is 0 Å². The van der Waals surface area contributed by atoms with Crippen molar-refractivity contribution in [3.63, 3.8) is 0 Å². The lowest BCUT2D eigenvalue weighted by Crippen LogP contribution is -2.45. The maximum absolute atomic E-state index is 6.39. The van der Waals surface area contributed by atoms with Crippen molar-refractivity contribution >= 4 is 22.6 Å². The van der Waals surface area contributed by atoms with Gasteiger partial charge in [-0.25, -0.2) is 4.98 Å². The summed E-state index contributed by atoms with van der Waals surface area (Å²) in [5.41, 5.74) is 8.24. The average Bonchev–Trinajstić information content (AvgIpc) is 2.63. The minimum absolute atomic E-state index is 0.221. The van der Waals surface area contributed by atoms with E-state index >= 15 is 0 Å². The van der Waals surface area contributed by atoms with Gasteiger partial charge < -0.3 is 10.3 Å². The highest BCUT2D eigenvalue weighted by Crippen LogP contribution is 2.39. The van der Waals surface area contributed by atoms with Gasteiger partial charge in [-0.15, -0.1) is 0 Å². The van der Waals surface area contributed by atoms with Crippen molar-refractivity contribution in [1.82, 2.24) is 9.55 Å². The van der Waals surface area contributed by atoms with Crippen molar-refractivity contribution in [2.24, 2.45) is 5.73 Å². The molecule has 17 heavy (non-hydrogen) atoms. The molecule has 0 saturated heterocycles. The summed E-state index contributed by atoms with van der Waals surface area (Å²) in [7, 11) is 0. The monoisotopic (exact) mass is 249 g/mol. The highest BCUT2D eigenvalue weighted by Gasteiger charge is 2.38. The second-order valence-electron chi connectivity index (χ2n) is 4.82. The maximum atomic E-state index is 6.39. The van der Waals surface area contributed by atoms with Gasteiger partial charge in [-0.1, -0.05) is 11.6 Å². The molecule has 1 aliphatic rings. The van der Waals surface area contributed by atoms with Crippen LogP contribution < -0.4 is 5.73 Å². The van der Waals surface area contributed by atoms with Crippen LogP contribution in [0.4, 0.5) is 0 Å². The van der Waals surface area contributed by atoms with Gasteiger partial charge in [0.25, 0.3) is 0 Å². The molecule has 2 N–H and O–H groups in total. The third-order valence-electron chi connectivity index (χ3n) is 3.72. The molecular weight excluding hydrogens is 234 g/mol.